The lowest BCUT2D eigenvalue weighted by molar-refractivity contribution is 0.102. The van der Waals surface area contributed by atoms with Crippen molar-refractivity contribution < 1.29 is 9.53 Å². The zero-order valence-corrected chi connectivity index (χ0v) is 20.3. The van der Waals surface area contributed by atoms with E-state index in [0.717, 1.165) is 11.1 Å². The predicted molar refractivity (Wildman–Crippen MR) is 140 cm³/mol. The number of fused-ring (bicyclic) bond motifs is 1. The molecule has 11 heteroatoms. The lowest BCUT2D eigenvalue weighted by Crippen LogP contribution is -2.12. The van der Waals surface area contributed by atoms with Crippen molar-refractivity contribution in [2.45, 2.75) is 19.8 Å². The summed E-state index contributed by atoms with van der Waals surface area (Å²) in [6.45, 7) is 4.15. The van der Waals surface area contributed by atoms with Gasteiger partial charge >= 0.3 is 0 Å². The fourth-order valence-electron chi connectivity index (χ4n) is 3.42. The molecule has 0 spiro atoms. The summed E-state index contributed by atoms with van der Waals surface area (Å²) in [5, 5.41) is 14.8. The minimum absolute atomic E-state index is 0.268. The number of rotatable bonds is 7. The van der Waals surface area contributed by atoms with E-state index in [4.69, 9.17) is 10.5 Å². The van der Waals surface area contributed by atoms with Crippen molar-refractivity contribution in [3.8, 4) is 11.5 Å². The van der Waals surface area contributed by atoms with Gasteiger partial charge in [0.2, 0.25) is 5.13 Å². The zero-order valence-electron chi connectivity index (χ0n) is 19.5. The van der Waals surface area contributed by atoms with Crippen LogP contribution in [-0.2, 0) is 0 Å². The summed E-state index contributed by atoms with van der Waals surface area (Å²) in [6, 6.07) is 16.0. The van der Waals surface area contributed by atoms with Gasteiger partial charge < -0.3 is 15.8 Å². The van der Waals surface area contributed by atoms with Gasteiger partial charge in [0, 0.05) is 16.9 Å². The Hall–Kier alpha value is -4.64. The molecule has 5 aromatic rings. The van der Waals surface area contributed by atoms with Crippen LogP contribution in [0.4, 0.5) is 22.3 Å². The molecule has 2 aromatic carbocycles. The van der Waals surface area contributed by atoms with Crippen LogP contribution < -0.4 is 21.1 Å². The third kappa shape index (κ3) is 5.05. The third-order valence-corrected chi connectivity index (χ3v) is 5.90. The molecule has 0 saturated heterocycles. The van der Waals surface area contributed by atoms with E-state index in [1.54, 1.807) is 48.0 Å². The van der Waals surface area contributed by atoms with E-state index in [-0.39, 0.29) is 11.8 Å². The first-order valence-corrected chi connectivity index (χ1v) is 12.0. The molecule has 0 aliphatic rings. The fraction of sp³-hybridized carbons (Fsp3) is 0.120. The summed E-state index contributed by atoms with van der Waals surface area (Å²) in [5.41, 5.74) is 10.4. The van der Waals surface area contributed by atoms with Gasteiger partial charge in [-0.15, -0.1) is 10.2 Å². The highest BCUT2D eigenvalue weighted by Crippen LogP contribution is 2.34. The van der Waals surface area contributed by atoms with Crippen molar-refractivity contribution in [2.24, 2.45) is 0 Å². The highest BCUT2D eigenvalue weighted by atomic mass is 32.1. The molecule has 4 N–H and O–H groups in total. The van der Waals surface area contributed by atoms with Crippen LogP contribution in [0.15, 0.2) is 66.4 Å². The lowest BCUT2D eigenvalue weighted by atomic mass is 10.1. The van der Waals surface area contributed by atoms with Gasteiger partial charge in [-0.25, -0.2) is 15.0 Å². The second kappa shape index (κ2) is 9.92. The smallest absolute Gasteiger partial charge is 0.257 e. The normalized spacial score (nSPS) is 11.0. The van der Waals surface area contributed by atoms with E-state index in [1.807, 2.05) is 12.1 Å². The van der Waals surface area contributed by atoms with Crippen LogP contribution in [0.3, 0.4) is 0 Å². The summed E-state index contributed by atoms with van der Waals surface area (Å²) in [4.78, 5) is 26.3. The maximum atomic E-state index is 12.8. The van der Waals surface area contributed by atoms with Crippen LogP contribution in [-0.4, -0.2) is 31.1 Å². The molecule has 0 saturated carbocycles. The van der Waals surface area contributed by atoms with E-state index in [0.29, 0.717) is 45.0 Å². The second-order valence-electron chi connectivity index (χ2n) is 8.19. The van der Waals surface area contributed by atoms with E-state index < -0.39 is 0 Å². The molecule has 3 heterocycles. The van der Waals surface area contributed by atoms with Crippen molar-refractivity contribution in [1.82, 2.24) is 25.1 Å². The fourth-order valence-corrected chi connectivity index (χ4v) is 3.86. The molecule has 0 unspecified atom stereocenters. The first-order chi connectivity index (χ1) is 17.5. The number of nitrogens with two attached hydrogens (primary N) is 1. The van der Waals surface area contributed by atoms with Crippen LogP contribution in [0, 0.1) is 0 Å². The van der Waals surface area contributed by atoms with Gasteiger partial charge in [0.15, 0.2) is 11.4 Å². The maximum absolute atomic E-state index is 12.8. The molecule has 3 aromatic heterocycles. The number of nitrogens with zero attached hydrogens (tertiary/aromatic N) is 5. The van der Waals surface area contributed by atoms with Crippen LogP contribution in [0.2, 0.25) is 0 Å². The van der Waals surface area contributed by atoms with Crippen LogP contribution in [0.5, 0.6) is 11.5 Å². The summed E-state index contributed by atoms with van der Waals surface area (Å²) < 4.78 is 6.11. The number of anilines is 4. The summed E-state index contributed by atoms with van der Waals surface area (Å²) in [5.74, 6) is 1.56. The number of nitrogen functional groups attached to an aromatic ring is 1. The quantitative estimate of drug-likeness (QED) is 0.252. The SMILES string of the molecule is CC(C)c1ccc2c(Nc3cc(C(=O)Nc4nncs4)ccc3Oc3ccc(N)cc3)ncnc2n1. The molecule has 0 atom stereocenters. The molecule has 1 amide bonds. The number of carbonyl (C=O) groups excluding carboxylic acids is 1. The van der Waals surface area contributed by atoms with Crippen LogP contribution in [0.25, 0.3) is 11.0 Å². The Morgan fingerprint density at radius 1 is 1.06 bits per heavy atom. The molecule has 0 bridgehead atoms. The van der Waals surface area contributed by atoms with Gasteiger partial charge in [-0.1, -0.05) is 25.2 Å². The summed E-state index contributed by atoms with van der Waals surface area (Å²) in [7, 11) is 0. The zero-order chi connectivity index (χ0) is 25.1. The number of aromatic nitrogens is 5. The molecule has 36 heavy (non-hydrogen) atoms. The molecule has 0 aliphatic carbocycles. The second-order valence-corrected chi connectivity index (χ2v) is 9.02. The van der Waals surface area contributed by atoms with Crippen molar-refractivity contribution in [2.75, 3.05) is 16.4 Å². The van der Waals surface area contributed by atoms with E-state index in [2.05, 4.69) is 49.6 Å². The van der Waals surface area contributed by atoms with Gasteiger partial charge in [-0.3, -0.25) is 10.1 Å². The highest BCUT2D eigenvalue weighted by Gasteiger charge is 2.15. The van der Waals surface area contributed by atoms with Gasteiger partial charge in [0.1, 0.15) is 23.4 Å². The van der Waals surface area contributed by atoms with Crippen molar-refractivity contribution in [1.29, 1.82) is 0 Å². The number of benzene rings is 2. The number of nitrogens with one attached hydrogen (secondary N) is 2. The number of hydrogen-bond donors (Lipinski definition) is 3. The van der Waals surface area contributed by atoms with Gasteiger partial charge in [0.25, 0.3) is 5.91 Å². The van der Waals surface area contributed by atoms with Crippen LogP contribution >= 0.6 is 11.3 Å². The molecule has 180 valence electrons. The monoisotopic (exact) mass is 498 g/mol. The number of amides is 1. The number of ether oxygens (including phenoxy) is 1. The Balaban J connectivity index is 1.52. The molecule has 0 fully saturated rings. The minimum Gasteiger partial charge on any atom is -0.455 e. The van der Waals surface area contributed by atoms with E-state index in [9.17, 15) is 4.79 Å². The minimum atomic E-state index is -0.329. The number of hydrogen-bond acceptors (Lipinski definition) is 10. The Morgan fingerprint density at radius 2 is 1.89 bits per heavy atom. The van der Waals surface area contributed by atoms with E-state index >= 15 is 0 Å². The molecular weight excluding hydrogens is 476 g/mol. The summed E-state index contributed by atoms with van der Waals surface area (Å²) in [6.07, 6.45) is 1.45. The number of pyridine rings is 1. The molecule has 0 radical (unpaired) electrons. The predicted octanol–water partition coefficient (Wildman–Crippen LogP) is 5.37. The largest absolute Gasteiger partial charge is 0.455 e. The van der Waals surface area contributed by atoms with Gasteiger partial charge in [-0.05, 0) is 60.5 Å². The Bertz CT molecular complexity index is 1520. The Kier molecular flexibility index (Phi) is 6.37. The van der Waals surface area contributed by atoms with Crippen molar-refractivity contribution in [3.05, 3.63) is 77.7 Å². The Morgan fingerprint density at radius 3 is 2.64 bits per heavy atom. The number of carbonyl (C=O) groups is 1. The third-order valence-electron chi connectivity index (χ3n) is 5.29. The molecule has 10 nitrogen and oxygen atoms in total. The average Bonchev–Trinajstić information content (AvgIpc) is 3.39. The van der Waals surface area contributed by atoms with Crippen molar-refractivity contribution in [3.63, 3.8) is 0 Å². The highest BCUT2D eigenvalue weighted by molar-refractivity contribution is 7.13. The lowest BCUT2D eigenvalue weighted by Gasteiger charge is -2.15. The van der Waals surface area contributed by atoms with Crippen molar-refractivity contribution >= 4 is 50.6 Å². The van der Waals surface area contributed by atoms with E-state index in [1.165, 1.54) is 17.7 Å². The average molecular weight is 499 g/mol. The molecular formula is C25H22N8O2S. The first kappa shape index (κ1) is 23.1. The van der Waals surface area contributed by atoms with Gasteiger partial charge in [0.05, 0.1) is 11.1 Å². The Labute approximate surface area is 210 Å². The molecule has 0 aliphatic heterocycles. The maximum Gasteiger partial charge on any atom is 0.257 e. The summed E-state index contributed by atoms with van der Waals surface area (Å²) >= 11 is 1.23. The first-order valence-electron chi connectivity index (χ1n) is 11.1. The standard InChI is InChI=1S/C25H22N8O2S/c1-14(2)19-9-8-18-22(30-19)27-12-28-23(18)31-20-11-15(24(34)32-25-33-29-13-36-25)3-10-21(20)35-17-6-4-16(26)5-7-17/h3-14H,26H2,1-2H3,(H,32,33,34)(H,27,28,30,31). The molecule has 5 rings (SSSR count). The van der Waals surface area contributed by atoms with Crippen LogP contribution in [0.1, 0.15) is 35.8 Å². The van der Waals surface area contributed by atoms with Gasteiger partial charge in [-0.2, -0.15) is 0 Å². The topological polar surface area (TPSA) is 141 Å².